The minimum atomic E-state index is -4.63. The average Bonchev–Trinajstić information content (AvgIpc) is 3.33. The molecule has 7 heteroatoms. The van der Waals surface area contributed by atoms with E-state index < -0.39 is 17.3 Å². The van der Waals surface area contributed by atoms with Crippen LogP contribution in [0.1, 0.15) is 63.1 Å². The molecule has 2 heterocycles. The number of rotatable bonds is 4. The molecule has 1 saturated carbocycles. The van der Waals surface area contributed by atoms with Crippen molar-refractivity contribution in [3.05, 3.63) is 27.7 Å². The maximum Gasteiger partial charge on any atom is 0.421 e. The van der Waals surface area contributed by atoms with Gasteiger partial charge in [0.05, 0.1) is 12.4 Å². The van der Waals surface area contributed by atoms with Crippen molar-refractivity contribution in [2.75, 3.05) is 6.54 Å². The van der Waals surface area contributed by atoms with E-state index in [4.69, 9.17) is 0 Å². The van der Waals surface area contributed by atoms with Gasteiger partial charge in [-0.05, 0) is 37.7 Å². The molecule has 1 aliphatic carbocycles. The maximum atomic E-state index is 13.2. The molecule has 4 nitrogen and oxygen atoms in total. The molecule has 0 N–H and O–H groups in total. The van der Waals surface area contributed by atoms with Crippen LogP contribution in [0.3, 0.4) is 0 Å². The van der Waals surface area contributed by atoms with Gasteiger partial charge in [0.2, 0.25) is 0 Å². The zero-order valence-corrected chi connectivity index (χ0v) is 14.1. The predicted molar refractivity (Wildman–Crippen MR) is 84.7 cm³/mol. The molecule has 1 aromatic rings. The van der Waals surface area contributed by atoms with Gasteiger partial charge < -0.3 is 0 Å². The van der Waals surface area contributed by atoms with E-state index in [1.54, 1.807) is 0 Å². The third kappa shape index (κ3) is 3.66. The average molecular weight is 343 g/mol. The molecule has 1 aliphatic heterocycles. The molecule has 0 radical (unpaired) electrons. The Labute approximate surface area is 139 Å². The minimum absolute atomic E-state index is 0.0696. The van der Waals surface area contributed by atoms with E-state index in [2.05, 4.69) is 23.8 Å². The SMILES string of the molecule is CC(C)[C@@H]1CCCCN1Cn1nc(C2CC2)cc(C(F)(F)F)c1=O. The van der Waals surface area contributed by atoms with Gasteiger partial charge in [0.15, 0.2) is 0 Å². The van der Waals surface area contributed by atoms with Gasteiger partial charge in [-0.3, -0.25) is 9.69 Å². The molecule has 1 aromatic heterocycles. The highest BCUT2D eigenvalue weighted by Gasteiger charge is 2.38. The number of hydrogen-bond donors (Lipinski definition) is 0. The van der Waals surface area contributed by atoms with Crippen LogP contribution in [0, 0.1) is 5.92 Å². The van der Waals surface area contributed by atoms with Crippen LogP contribution in [0.15, 0.2) is 10.9 Å². The first-order chi connectivity index (χ1) is 11.3. The fraction of sp³-hybridized carbons (Fsp3) is 0.765. The summed E-state index contributed by atoms with van der Waals surface area (Å²) in [5.41, 5.74) is -1.71. The maximum absolute atomic E-state index is 13.2. The molecule has 2 aliphatic rings. The van der Waals surface area contributed by atoms with Crippen LogP contribution in [0.4, 0.5) is 13.2 Å². The van der Waals surface area contributed by atoms with Crippen molar-refractivity contribution in [2.45, 2.75) is 70.8 Å². The first-order valence-corrected chi connectivity index (χ1v) is 8.70. The zero-order chi connectivity index (χ0) is 17.5. The Morgan fingerprint density at radius 3 is 2.54 bits per heavy atom. The molecule has 0 aromatic carbocycles. The minimum Gasteiger partial charge on any atom is -0.281 e. The van der Waals surface area contributed by atoms with Gasteiger partial charge in [-0.1, -0.05) is 20.3 Å². The van der Waals surface area contributed by atoms with Gasteiger partial charge in [-0.25, -0.2) is 4.68 Å². The second kappa shape index (κ2) is 6.50. The summed E-state index contributed by atoms with van der Waals surface area (Å²) < 4.78 is 40.7. The van der Waals surface area contributed by atoms with Gasteiger partial charge in [0.1, 0.15) is 5.56 Å². The standard InChI is InChI=1S/C17H24F3N3O/c1-11(2)15-5-3-4-8-22(15)10-23-16(24)13(17(18,19)20)9-14(21-23)12-6-7-12/h9,11-12,15H,3-8,10H2,1-2H3/t15-/m0/s1. The molecular weight excluding hydrogens is 319 g/mol. The predicted octanol–water partition coefficient (Wildman–Crippen LogP) is 3.61. The highest BCUT2D eigenvalue weighted by Crippen LogP contribution is 2.40. The van der Waals surface area contributed by atoms with Crippen molar-refractivity contribution in [1.82, 2.24) is 14.7 Å². The molecule has 1 atom stereocenters. The van der Waals surface area contributed by atoms with E-state index in [1.807, 2.05) is 0 Å². The van der Waals surface area contributed by atoms with Crippen LogP contribution in [-0.4, -0.2) is 27.3 Å². The fourth-order valence-corrected chi connectivity index (χ4v) is 3.56. The van der Waals surface area contributed by atoms with Crippen LogP contribution in [0.5, 0.6) is 0 Å². The van der Waals surface area contributed by atoms with Crippen LogP contribution >= 0.6 is 0 Å². The highest BCUT2D eigenvalue weighted by molar-refractivity contribution is 5.22. The second-order valence-electron chi connectivity index (χ2n) is 7.32. The number of likely N-dealkylation sites (tertiary alicyclic amines) is 1. The third-order valence-electron chi connectivity index (χ3n) is 5.04. The monoisotopic (exact) mass is 343 g/mol. The van der Waals surface area contributed by atoms with Gasteiger partial charge in [-0.15, -0.1) is 0 Å². The molecule has 0 spiro atoms. The number of halogens is 3. The largest absolute Gasteiger partial charge is 0.421 e. The first kappa shape index (κ1) is 17.5. The molecule has 24 heavy (non-hydrogen) atoms. The molecule has 2 fully saturated rings. The van der Waals surface area contributed by atoms with E-state index >= 15 is 0 Å². The molecule has 1 saturated heterocycles. The Morgan fingerprint density at radius 2 is 1.96 bits per heavy atom. The smallest absolute Gasteiger partial charge is 0.281 e. The Balaban J connectivity index is 1.94. The Hall–Kier alpha value is -1.37. The lowest BCUT2D eigenvalue weighted by molar-refractivity contribution is -0.139. The van der Waals surface area contributed by atoms with E-state index in [9.17, 15) is 18.0 Å². The summed E-state index contributed by atoms with van der Waals surface area (Å²) in [5.74, 6) is 0.468. The molecular formula is C17H24F3N3O. The van der Waals surface area contributed by atoms with Crippen LogP contribution < -0.4 is 5.56 Å². The lowest BCUT2D eigenvalue weighted by atomic mass is 9.93. The topological polar surface area (TPSA) is 38.1 Å². The van der Waals surface area contributed by atoms with Crippen LogP contribution in [0.2, 0.25) is 0 Å². The van der Waals surface area contributed by atoms with Crippen molar-refractivity contribution in [1.29, 1.82) is 0 Å². The van der Waals surface area contributed by atoms with E-state index in [-0.39, 0.29) is 18.6 Å². The fourth-order valence-electron chi connectivity index (χ4n) is 3.56. The summed E-state index contributed by atoms with van der Waals surface area (Å²) in [7, 11) is 0. The molecule has 0 amide bonds. The van der Waals surface area contributed by atoms with Crippen molar-refractivity contribution in [2.24, 2.45) is 5.92 Å². The third-order valence-corrected chi connectivity index (χ3v) is 5.04. The quantitative estimate of drug-likeness (QED) is 0.838. The van der Waals surface area contributed by atoms with Gasteiger partial charge in [0.25, 0.3) is 5.56 Å². The number of hydrogen-bond acceptors (Lipinski definition) is 3. The summed E-state index contributed by atoms with van der Waals surface area (Å²) in [6, 6.07) is 1.23. The number of nitrogens with zero attached hydrogens (tertiary/aromatic N) is 3. The summed E-state index contributed by atoms with van der Waals surface area (Å²) in [4.78, 5) is 14.4. The lowest BCUT2D eigenvalue weighted by Gasteiger charge is -2.38. The van der Waals surface area contributed by atoms with Gasteiger partial charge in [0, 0.05) is 18.5 Å². The number of aromatic nitrogens is 2. The number of piperidine rings is 1. The molecule has 134 valence electrons. The highest BCUT2D eigenvalue weighted by atomic mass is 19.4. The Morgan fingerprint density at radius 1 is 1.25 bits per heavy atom. The summed E-state index contributed by atoms with van der Waals surface area (Å²) in [6.07, 6.45) is 0.206. The summed E-state index contributed by atoms with van der Waals surface area (Å²) in [5, 5.41) is 4.26. The van der Waals surface area contributed by atoms with Crippen molar-refractivity contribution in [3.63, 3.8) is 0 Å². The second-order valence-corrected chi connectivity index (χ2v) is 7.32. The van der Waals surface area contributed by atoms with Crippen molar-refractivity contribution < 1.29 is 13.2 Å². The van der Waals surface area contributed by atoms with E-state index in [1.165, 1.54) is 0 Å². The first-order valence-electron chi connectivity index (χ1n) is 8.70. The van der Waals surface area contributed by atoms with Crippen LogP contribution in [-0.2, 0) is 12.8 Å². The van der Waals surface area contributed by atoms with Crippen LogP contribution in [0.25, 0.3) is 0 Å². The van der Waals surface area contributed by atoms with E-state index in [0.717, 1.165) is 49.4 Å². The van der Waals surface area contributed by atoms with Crippen molar-refractivity contribution in [3.8, 4) is 0 Å². The van der Waals surface area contributed by atoms with Crippen molar-refractivity contribution >= 4 is 0 Å². The number of alkyl halides is 3. The molecule has 3 rings (SSSR count). The summed E-state index contributed by atoms with van der Waals surface area (Å²) in [6.45, 7) is 5.17. The summed E-state index contributed by atoms with van der Waals surface area (Å²) >= 11 is 0. The van der Waals surface area contributed by atoms with Gasteiger partial charge >= 0.3 is 6.18 Å². The Bertz CT molecular complexity index is 649. The van der Waals surface area contributed by atoms with Gasteiger partial charge in [-0.2, -0.15) is 18.3 Å². The lowest BCUT2D eigenvalue weighted by Crippen LogP contribution is -2.46. The Kier molecular flexibility index (Phi) is 4.73. The normalized spacial score (nSPS) is 23.0. The van der Waals surface area contributed by atoms with E-state index in [0.29, 0.717) is 11.6 Å². The zero-order valence-electron chi connectivity index (χ0n) is 14.1. The molecule has 0 unspecified atom stereocenters. The molecule has 0 bridgehead atoms.